The summed E-state index contributed by atoms with van der Waals surface area (Å²) in [5.41, 5.74) is 0.756. The lowest BCUT2D eigenvalue weighted by Crippen LogP contribution is -2.43. The molecule has 0 spiro atoms. The van der Waals surface area contributed by atoms with Crippen LogP contribution in [0.4, 0.5) is 5.82 Å². The molecule has 0 amide bonds. The summed E-state index contributed by atoms with van der Waals surface area (Å²) in [7, 11) is 0. The van der Waals surface area contributed by atoms with Crippen LogP contribution in [0.15, 0.2) is 17.1 Å². The second-order valence-electron chi connectivity index (χ2n) is 8.78. The molecule has 3 saturated carbocycles. The summed E-state index contributed by atoms with van der Waals surface area (Å²) in [6, 6.07) is 1.21. The summed E-state index contributed by atoms with van der Waals surface area (Å²) in [4.78, 5) is 53.5. The number of carbonyl (C=O) groups is 3. The molecule has 4 aliphatic rings. The maximum atomic E-state index is 12.7. The topological polar surface area (TPSA) is 155 Å². The van der Waals surface area contributed by atoms with Crippen molar-refractivity contribution < 1.29 is 39.9 Å². The van der Waals surface area contributed by atoms with E-state index < -0.39 is 48.1 Å². The van der Waals surface area contributed by atoms with Crippen LogP contribution in [0.5, 0.6) is 0 Å². The van der Waals surface area contributed by atoms with Gasteiger partial charge in [-0.3, -0.25) is 29.6 Å². The molecule has 4 fully saturated rings. The van der Waals surface area contributed by atoms with Gasteiger partial charge in [0.25, 0.3) is 0 Å². The maximum Gasteiger partial charge on any atom is 0.351 e. The fraction of sp³-hybridized carbons (Fsp3) is 0.667. The Kier molecular flexibility index (Phi) is 5.46. The Labute approximate surface area is 189 Å². The first-order valence-electron chi connectivity index (χ1n) is 11.6. The third-order valence-electron chi connectivity index (χ3n) is 5.95. The van der Waals surface area contributed by atoms with Gasteiger partial charge in [0.1, 0.15) is 12.7 Å². The largest absolute Gasteiger partial charge is 0.463 e. The van der Waals surface area contributed by atoms with Crippen LogP contribution in [0.3, 0.4) is 0 Å². The van der Waals surface area contributed by atoms with Crippen molar-refractivity contribution in [3.05, 3.63) is 22.7 Å². The van der Waals surface area contributed by atoms with E-state index in [1.807, 2.05) is 0 Å². The summed E-state index contributed by atoms with van der Waals surface area (Å²) >= 11 is 0. The number of anilines is 1. The van der Waals surface area contributed by atoms with E-state index in [0.29, 0.717) is 25.7 Å². The minimum Gasteiger partial charge on any atom is -0.463 e. The number of carbonyl (C=O) groups excluding carboxylic acids is 3. The molecule has 0 radical (unpaired) electrons. The van der Waals surface area contributed by atoms with Gasteiger partial charge in [-0.1, -0.05) is 0 Å². The predicted molar refractivity (Wildman–Crippen MR) is 107 cm³/mol. The zero-order valence-corrected chi connectivity index (χ0v) is 17.7. The van der Waals surface area contributed by atoms with E-state index in [-0.39, 0.29) is 30.2 Å². The molecule has 33 heavy (non-hydrogen) atoms. The number of ether oxygens (including phenoxy) is 4. The predicted octanol–water partition coefficient (Wildman–Crippen LogP) is 0.539. The van der Waals surface area contributed by atoms with Crippen molar-refractivity contribution >= 4 is 23.7 Å². The molecule has 1 aromatic heterocycles. The van der Waals surface area contributed by atoms with Crippen LogP contribution >= 0.6 is 0 Å². The number of hydrogen-bond acceptors (Lipinski definition) is 11. The number of nitrogens with one attached hydrogen (secondary N) is 1. The Balaban J connectivity index is 1.47. The normalized spacial score (nSPS) is 31.4. The zero-order valence-electron chi connectivity index (χ0n) is 18.7. The Hall–Kier alpha value is -2.99. The highest BCUT2D eigenvalue weighted by atomic mass is 16.7. The molecule has 2 N–H and O–H groups in total. The quantitative estimate of drug-likeness (QED) is 0.299. The van der Waals surface area contributed by atoms with Gasteiger partial charge in [-0.25, -0.2) is 4.79 Å². The Morgan fingerprint density at radius 1 is 1.06 bits per heavy atom. The van der Waals surface area contributed by atoms with Crippen molar-refractivity contribution in [1.29, 1.82) is 0 Å². The van der Waals surface area contributed by atoms with Gasteiger partial charge in [0.2, 0.25) is 0 Å². The molecule has 2 heterocycles. The monoisotopic (exact) mass is 464 g/mol. The van der Waals surface area contributed by atoms with Crippen LogP contribution in [-0.2, 0) is 33.3 Å². The lowest BCUT2D eigenvalue weighted by atomic mass is 10.1. The molecule has 178 valence electrons. The smallest absolute Gasteiger partial charge is 0.351 e. The van der Waals surface area contributed by atoms with Gasteiger partial charge >= 0.3 is 23.6 Å². The Bertz CT molecular complexity index is 1050. The van der Waals surface area contributed by atoms with Crippen LogP contribution < -0.4 is 11.2 Å². The van der Waals surface area contributed by atoms with E-state index in [2.05, 4.69) is 4.98 Å². The minimum absolute atomic E-state index is 0.166. The molecule has 0 unspecified atom stereocenters. The second kappa shape index (κ2) is 8.75. The Morgan fingerprint density at radius 3 is 2.18 bits per heavy atom. The van der Waals surface area contributed by atoms with E-state index in [4.69, 9.17) is 25.5 Å². The zero-order chi connectivity index (χ0) is 24.0. The first-order chi connectivity index (χ1) is 16.3. The van der Waals surface area contributed by atoms with E-state index in [9.17, 15) is 19.2 Å². The van der Waals surface area contributed by atoms with Gasteiger partial charge in [0.05, 0.1) is 19.1 Å². The lowest BCUT2D eigenvalue weighted by molar-refractivity contribution is -0.171. The van der Waals surface area contributed by atoms with Crippen molar-refractivity contribution in [3.8, 4) is 0 Å². The van der Waals surface area contributed by atoms with Gasteiger partial charge < -0.3 is 18.9 Å². The first kappa shape index (κ1) is 20.6. The summed E-state index contributed by atoms with van der Waals surface area (Å²) in [6.07, 6.45) is -1.19. The van der Waals surface area contributed by atoms with Gasteiger partial charge in [0.15, 0.2) is 24.2 Å². The molecule has 0 aromatic carbocycles. The fourth-order valence-electron chi connectivity index (χ4n) is 3.53. The van der Waals surface area contributed by atoms with Gasteiger partial charge in [-0.05, 0) is 44.6 Å². The summed E-state index contributed by atoms with van der Waals surface area (Å²) in [5, 5.41) is 9.02. The van der Waals surface area contributed by atoms with Crippen molar-refractivity contribution in [2.45, 2.75) is 63.0 Å². The number of nitrogens with zero attached hydrogens (tertiary/aromatic N) is 2. The number of aromatic nitrogens is 2. The molecule has 1 aromatic rings. The Morgan fingerprint density at radius 2 is 1.64 bits per heavy atom. The van der Waals surface area contributed by atoms with Crippen LogP contribution in [0.1, 0.15) is 46.1 Å². The molecule has 4 atom stereocenters. The van der Waals surface area contributed by atoms with Gasteiger partial charge in [0, 0.05) is 6.20 Å². The standard InChI is InChI=1S/C21H25N3O9/c25-18(10-1-2-10)30-9-13-15(32-19(26)11-3-4-11)16(33-20(27)12-5-6-12)17(31-13)24-8-7-14(23-29)22-21(24)28/h7-8,10-13,15-17,29H,1-6,9H2,(H,22,23,28)/t13-,15-,16-,17-/m1/s1/i17D. The highest BCUT2D eigenvalue weighted by Gasteiger charge is 2.53. The van der Waals surface area contributed by atoms with Crippen molar-refractivity contribution in [2.75, 3.05) is 12.1 Å². The lowest BCUT2D eigenvalue weighted by Gasteiger charge is -2.25. The van der Waals surface area contributed by atoms with Crippen LogP contribution in [0.25, 0.3) is 0 Å². The molecule has 12 nitrogen and oxygen atoms in total. The van der Waals surface area contributed by atoms with E-state index in [1.54, 1.807) is 5.48 Å². The SMILES string of the molecule is [2H][C@@]1(n2ccc(NO)nc2=O)O[C@H](COC(=O)C2CC2)[C@@H](OC(=O)C2CC2)[C@H]1OC(=O)C1CC1. The van der Waals surface area contributed by atoms with Gasteiger partial charge in [-0.2, -0.15) is 4.98 Å². The maximum absolute atomic E-state index is 12.7. The molecular formula is C21H25N3O9. The second-order valence-corrected chi connectivity index (χ2v) is 8.78. The average Bonchev–Trinajstić information content (AvgIpc) is 3.66. The molecule has 1 saturated heterocycles. The van der Waals surface area contributed by atoms with E-state index in [0.717, 1.165) is 23.6 Å². The molecule has 12 heteroatoms. The van der Waals surface area contributed by atoms with Gasteiger partial charge in [-0.15, -0.1) is 0 Å². The molecule has 0 bridgehead atoms. The highest BCUT2D eigenvalue weighted by Crippen LogP contribution is 2.39. The van der Waals surface area contributed by atoms with E-state index >= 15 is 0 Å². The van der Waals surface area contributed by atoms with Crippen LogP contribution in [0.2, 0.25) is 0 Å². The molecule has 3 aliphatic carbocycles. The molecule has 5 rings (SSSR count). The number of rotatable bonds is 9. The molecule has 1 aliphatic heterocycles. The fourth-order valence-corrected chi connectivity index (χ4v) is 3.53. The third-order valence-corrected chi connectivity index (χ3v) is 5.95. The van der Waals surface area contributed by atoms with Crippen molar-refractivity contribution in [3.63, 3.8) is 0 Å². The number of esters is 3. The van der Waals surface area contributed by atoms with Crippen LogP contribution in [-0.4, -0.2) is 57.6 Å². The highest BCUT2D eigenvalue weighted by molar-refractivity contribution is 5.76. The van der Waals surface area contributed by atoms with E-state index in [1.165, 1.54) is 6.07 Å². The summed E-state index contributed by atoms with van der Waals surface area (Å²) < 4.78 is 32.2. The first-order valence-corrected chi connectivity index (χ1v) is 11.1. The van der Waals surface area contributed by atoms with Crippen molar-refractivity contribution in [2.24, 2.45) is 17.8 Å². The van der Waals surface area contributed by atoms with Crippen molar-refractivity contribution in [1.82, 2.24) is 9.55 Å². The third kappa shape index (κ3) is 4.86. The van der Waals surface area contributed by atoms with Crippen LogP contribution in [0, 0.1) is 17.8 Å². The number of hydrogen-bond donors (Lipinski definition) is 2. The minimum atomic E-state index is -2.37. The molecular weight excluding hydrogens is 438 g/mol. The average molecular weight is 464 g/mol. The summed E-state index contributed by atoms with van der Waals surface area (Å²) in [6.45, 7) is -0.353. The summed E-state index contributed by atoms with van der Waals surface area (Å²) in [5.74, 6) is -2.55.